The number of carbonyl (C=O) groups is 1. The molecule has 4 heterocycles. The number of anilines is 2. The van der Waals surface area contributed by atoms with Crippen LogP contribution in [0, 0.1) is 0 Å². The van der Waals surface area contributed by atoms with E-state index in [9.17, 15) is 23.4 Å². The van der Waals surface area contributed by atoms with E-state index in [4.69, 9.17) is 5.73 Å². The molecule has 1 aliphatic heterocycles. The van der Waals surface area contributed by atoms with Crippen LogP contribution in [0.1, 0.15) is 27.2 Å². The zero-order valence-electron chi connectivity index (χ0n) is 22.3. The predicted octanol–water partition coefficient (Wildman–Crippen LogP) is 3.03. The van der Waals surface area contributed by atoms with Crippen LogP contribution in [0.4, 0.5) is 16.4 Å². The van der Waals surface area contributed by atoms with Gasteiger partial charge in [-0.1, -0.05) is 18.2 Å². The second-order valence-electron chi connectivity index (χ2n) is 10.7. The lowest BCUT2D eigenvalue weighted by molar-refractivity contribution is -0.000726. The minimum atomic E-state index is -4.03. The van der Waals surface area contributed by atoms with Gasteiger partial charge in [-0.25, -0.2) is 32.1 Å². The van der Waals surface area contributed by atoms with Crippen LogP contribution < -0.4 is 10.6 Å². The van der Waals surface area contributed by atoms with Crippen molar-refractivity contribution in [2.45, 2.75) is 49.8 Å². The number of aliphatic hydroxyl groups is 1. The maximum absolute atomic E-state index is 13.7. The Kier molecular flexibility index (Phi) is 6.88. The number of pyridine rings is 1. The zero-order chi connectivity index (χ0) is 28.8. The van der Waals surface area contributed by atoms with Gasteiger partial charge in [0, 0.05) is 42.8 Å². The first-order valence-electron chi connectivity index (χ1n) is 12.7. The van der Waals surface area contributed by atoms with E-state index in [0.29, 0.717) is 35.3 Å². The van der Waals surface area contributed by atoms with Gasteiger partial charge in [0.15, 0.2) is 5.65 Å². The lowest BCUT2D eigenvalue weighted by Gasteiger charge is -2.46. The van der Waals surface area contributed by atoms with E-state index in [1.54, 1.807) is 51.1 Å². The van der Waals surface area contributed by atoms with E-state index in [0.717, 1.165) is 3.97 Å². The van der Waals surface area contributed by atoms with Gasteiger partial charge in [-0.3, -0.25) is 4.90 Å². The molecule has 1 fully saturated rings. The van der Waals surface area contributed by atoms with Crippen LogP contribution in [0.3, 0.4) is 0 Å². The van der Waals surface area contributed by atoms with Crippen molar-refractivity contribution in [2.75, 3.05) is 23.7 Å². The monoisotopic (exact) mass is 565 g/mol. The average Bonchev–Trinajstić information content (AvgIpc) is 3.30. The summed E-state index contributed by atoms with van der Waals surface area (Å²) in [5.41, 5.74) is 6.87. The largest absolute Gasteiger partial charge is 0.465 e. The Morgan fingerprint density at radius 3 is 2.42 bits per heavy atom. The van der Waals surface area contributed by atoms with Crippen LogP contribution in [-0.4, -0.2) is 79.3 Å². The maximum atomic E-state index is 13.7. The van der Waals surface area contributed by atoms with Crippen LogP contribution >= 0.6 is 0 Å². The Balaban J connectivity index is 1.64. The number of amides is 1. The topological polar surface area (TPSA) is 168 Å². The lowest BCUT2D eigenvalue weighted by atomic mass is 9.94. The third-order valence-corrected chi connectivity index (χ3v) is 8.70. The van der Waals surface area contributed by atoms with E-state index >= 15 is 0 Å². The molecule has 12 nitrogen and oxygen atoms in total. The fourth-order valence-electron chi connectivity index (χ4n) is 5.35. The fraction of sp³-hybridized carbons (Fsp3) is 0.333. The van der Waals surface area contributed by atoms with Gasteiger partial charge >= 0.3 is 6.09 Å². The number of hydrogen-bond donors (Lipinski definition) is 3. The van der Waals surface area contributed by atoms with E-state index in [2.05, 4.69) is 15.0 Å². The maximum Gasteiger partial charge on any atom is 0.408 e. The van der Waals surface area contributed by atoms with Crippen molar-refractivity contribution < 1.29 is 23.4 Å². The SMILES string of the molecule is CC(C)(C)N(C(=O)O)[C@H]1CCN(c2ccnc3c2c(-c2ccnc(N)n2)cn3S(=O)(=O)c2ccccc2)C[C@@H]1O. The molecule has 0 spiro atoms. The van der Waals surface area contributed by atoms with Crippen LogP contribution in [-0.2, 0) is 10.0 Å². The van der Waals surface area contributed by atoms with E-state index in [-0.39, 0.29) is 23.0 Å². The van der Waals surface area contributed by atoms with E-state index in [1.807, 2.05) is 4.90 Å². The zero-order valence-corrected chi connectivity index (χ0v) is 23.2. The first-order valence-corrected chi connectivity index (χ1v) is 14.2. The number of carboxylic acid groups (broad SMARTS) is 1. The number of β-amino-alcohol motifs (C(OH)–C–C–N with tert-alkyl or cyclic N) is 1. The number of nitrogen functional groups attached to an aromatic ring is 1. The number of piperidine rings is 1. The Hall–Kier alpha value is -4.23. The summed E-state index contributed by atoms with van der Waals surface area (Å²) in [5.74, 6) is 0.0296. The van der Waals surface area contributed by atoms with Gasteiger partial charge in [0.1, 0.15) is 0 Å². The number of nitrogens with two attached hydrogens (primary N) is 1. The Labute approximate surface area is 231 Å². The highest BCUT2D eigenvalue weighted by Gasteiger charge is 2.40. The number of fused-ring (bicyclic) bond motifs is 1. The second-order valence-corrected chi connectivity index (χ2v) is 12.5. The molecule has 5 rings (SSSR count). The van der Waals surface area contributed by atoms with Gasteiger partial charge in [0.05, 0.1) is 33.8 Å². The highest BCUT2D eigenvalue weighted by atomic mass is 32.2. The Morgan fingerprint density at radius 2 is 1.80 bits per heavy atom. The molecule has 2 atom stereocenters. The minimum absolute atomic E-state index is 0.0296. The molecule has 0 bridgehead atoms. The van der Waals surface area contributed by atoms with Crippen molar-refractivity contribution in [1.29, 1.82) is 0 Å². The molecule has 3 aromatic heterocycles. The highest BCUT2D eigenvalue weighted by Crippen LogP contribution is 2.39. The second kappa shape index (κ2) is 10.1. The van der Waals surface area contributed by atoms with Crippen molar-refractivity contribution >= 4 is 38.8 Å². The van der Waals surface area contributed by atoms with Gasteiger partial charge < -0.3 is 20.8 Å². The number of rotatable bonds is 5. The number of benzene rings is 1. The lowest BCUT2D eigenvalue weighted by Crippen LogP contribution is -2.60. The van der Waals surface area contributed by atoms with E-state index < -0.39 is 33.8 Å². The Bertz CT molecular complexity index is 1670. The smallest absolute Gasteiger partial charge is 0.408 e. The number of aromatic nitrogens is 4. The molecule has 4 N–H and O–H groups in total. The first-order chi connectivity index (χ1) is 18.9. The van der Waals surface area contributed by atoms with Crippen molar-refractivity contribution in [2.24, 2.45) is 0 Å². The molecule has 1 saturated heterocycles. The number of aliphatic hydroxyl groups excluding tert-OH is 1. The molecule has 1 aliphatic rings. The fourth-order valence-corrected chi connectivity index (χ4v) is 6.68. The van der Waals surface area contributed by atoms with Crippen LogP contribution in [0.5, 0.6) is 0 Å². The molecule has 0 saturated carbocycles. The number of hydrogen-bond acceptors (Lipinski definition) is 9. The van der Waals surface area contributed by atoms with Crippen LogP contribution in [0.2, 0.25) is 0 Å². The third kappa shape index (κ3) is 4.82. The molecule has 0 radical (unpaired) electrons. The molecule has 13 heteroatoms. The predicted molar refractivity (Wildman–Crippen MR) is 150 cm³/mol. The molecular formula is C27H31N7O5S. The van der Waals surface area contributed by atoms with Crippen LogP contribution in [0.15, 0.2) is 66.0 Å². The normalized spacial score (nSPS) is 18.1. The molecule has 210 valence electrons. The standard InChI is InChI=1S/C27H31N7O5S/c1-27(2,3)34(26(36)37)20-11-14-32(16-22(20)35)21-10-13-29-24-23(21)18(19-9-12-30-25(28)31-19)15-33(24)40(38,39)17-7-5-4-6-8-17/h4-10,12-13,15,20,22,35H,11,14,16H2,1-3H3,(H,36,37)(H2,28,30,31)/t20-,22-/m0/s1. The summed E-state index contributed by atoms with van der Waals surface area (Å²) in [7, 11) is -4.03. The van der Waals surface area contributed by atoms with Crippen molar-refractivity contribution in [3.8, 4) is 11.3 Å². The molecule has 0 unspecified atom stereocenters. The summed E-state index contributed by atoms with van der Waals surface area (Å²) in [5, 5.41) is 21.5. The quantitative estimate of drug-likeness (QED) is 0.327. The molecule has 4 aromatic rings. The summed E-state index contributed by atoms with van der Waals surface area (Å²) in [6.07, 6.45) is 2.77. The summed E-state index contributed by atoms with van der Waals surface area (Å²) >= 11 is 0. The summed E-state index contributed by atoms with van der Waals surface area (Å²) in [4.78, 5) is 28.1. The summed E-state index contributed by atoms with van der Waals surface area (Å²) in [6, 6.07) is 10.8. The Morgan fingerprint density at radius 1 is 1.10 bits per heavy atom. The summed E-state index contributed by atoms with van der Waals surface area (Å²) < 4.78 is 28.6. The summed E-state index contributed by atoms with van der Waals surface area (Å²) in [6.45, 7) is 5.93. The molecule has 1 aromatic carbocycles. The van der Waals surface area contributed by atoms with Gasteiger partial charge in [-0.15, -0.1) is 0 Å². The van der Waals surface area contributed by atoms with Crippen molar-refractivity contribution in [3.05, 3.63) is 61.1 Å². The van der Waals surface area contributed by atoms with Crippen molar-refractivity contribution in [3.63, 3.8) is 0 Å². The highest BCUT2D eigenvalue weighted by molar-refractivity contribution is 7.90. The van der Waals surface area contributed by atoms with E-state index in [1.165, 1.54) is 35.6 Å². The molecular weight excluding hydrogens is 534 g/mol. The average molecular weight is 566 g/mol. The number of nitrogens with zero attached hydrogens (tertiary/aromatic N) is 6. The minimum Gasteiger partial charge on any atom is -0.465 e. The van der Waals surface area contributed by atoms with Crippen molar-refractivity contribution in [1.82, 2.24) is 23.8 Å². The van der Waals surface area contributed by atoms with Gasteiger partial charge in [0.2, 0.25) is 5.95 Å². The molecule has 1 amide bonds. The van der Waals surface area contributed by atoms with Gasteiger partial charge in [0.25, 0.3) is 10.0 Å². The van der Waals surface area contributed by atoms with Gasteiger partial charge in [-0.2, -0.15) is 0 Å². The molecule has 40 heavy (non-hydrogen) atoms. The van der Waals surface area contributed by atoms with Gasteiger partial charge in [-0.05, 0) is 51.5 Å². The third-order valence-electron chi connectivity index (χ3n) is 7.03. The first kappa shape index (κ1) is 27.3. The van der Waals surface area contributed by atoms with Crippen LogP contribution in [0.25, 0.3) is 22.3 Å². The molecule has 0 aliphatic carbocycles.